The van der Waals surface area contributed by atoms with Crippen LogP contribution in [0.25, 0.3) is 0 Å². The van der Waals surface area contributed by atoms with Crippen LogP contribution in [0.1, 0.15) is 26.2 Å². The molecule has 0 unspecified atom stereocenters. The van der Waals surface area contributed by atoms with Gasteiger partial charge in [-0.2, -0.15) is 8.78 Å². The minimum absolute atomic E-state index is 0.0154. The predicted molar refractivity (Wildman–Crippen MR) is 108 cm³/mol. The number of rotatable bonds is 18. The van der Waals surface area contributed by atoms with E-state index in [2.05, 4.69) is 10.1 Å². The Bertz CT molecular complexity index is 711. The quantitative estimate of drug-likeness (QED) is 0.113. The Morgan fingerprint density at radius 3 is 1.70 bits per heavy atom. The van der Waals surface area contributed by atoms with E-state index in [0.29, 0.717) is 46.0 Å². The number of carbonyl (C=O) groups is 2. The third-order valence-electron chi connectivity index (χ3n) is 3.90. The van der Waals surface area contributed by atoms with Crippen LogP contribution in [0.2, 0.25) is 0 Å². The Kier molecular flexibility index (Phi) is 15.0. The maximum atomic E-state index is 13.4. The van der Waals surface area contributed by atoms with E-state index in [0.717, 1.165) is 6.42 Å². The number of benzene rings is 1. The van der Waals surface area contributed by atoms with Crippen molar-refractivity contribution in [3.8, 4) is 5.75 Å². The number of esters is 1. The summed E-state index contributed by atoms with van der Waals surface area (Å²) in [5.74, 6) is -9.52. The molecule has 1 aromatic carbocycles. The lowest BCUT2D eigenvalue weighted by Crippen LogP contribution is -2.25. The first-order valence-corrected chi connectivity index (χ1v) is 10.5. The summed E-state index contributed by atoms with van der Waals surface area (Å²) < 4.78 is 78.2. The average Bonchev–Trinajstić information content (AvgIpc) is 2.79. The van der Waals surface area contributed by atoms with Crippen LogP contribution in [0, 0.1) is 23.3 Å². The normalized spacial score (nSPS) is 10.9. The Morgan fingerprint density at radius 1 is 0.758 bits per heavy atom. The van der Waals surface area contributed by atoms with E-state index in [1.165, 1.54) is 0 Å². The van der Waals surface area contributed by atoms with E-state index in [9.17, 15) is 27.2 Å². The summed E-state index contributed by atoms with van der Waals surface area (Å²) >= 11 is 0. The summed E-state index contributed by atoms with van der Waals surface area (Å²) in [5, 5.41) is 2.75. The van der Waals surface area contributed by atoms with Gasteiger partial charge in [0.05, 0.1) is 59.3 Å². The molecular formula is C21H29F4NO7. The molecule has 1 amide bonds. The van der Waals surface area contributed by atoms with E-state index in [1.807, 2.05) is 6.92 Å². The van der Waals surface area contributed by atoms with E-state index < -0.39 is 35.0 Å². The van der Waals surface area contributed by atoms with Crippen LogP contribution < -0.4 is 10.1 Å². The van der Waals surface area contributed by atoms with Crippen molar-refractivity contribution >= 4 is 11.9 Å². The van der Waals surface area contributed by atoms with Gasteiger partial charge in [0.15, 0.2) is 11.6 Å². The van der Waals surface area contributed by atoms with Gasteiger partial charge >= 0.3 is 5.97 Å². The summed E-state index contributed by atoms with van der Waals surface area (Å²) in [4.78, 5) is 22.9. The van der Waals surface area contributed by atoms with Gasteiger partial charge in [0, 0.05) is 19.0 Å². The highest BCUT2D eigenvalue weighted by atomic mass is 19.2. The molecule has 0 radical (unpaired) electrons. The molecule has 188 valence electrons. The fraction of sp³-hybridized carbons (Fsp3) is 0.619. The van der Waals surface area contributed by atoms with Gasteiger partial charge in [-0.05, 0) is 6.42 Å². The number of hydrogen-bond donors (Lipinski definition) is 1. The number of halogens is 4. The zero-order valence-electron chi connectivity index (χ0n) is 18.4. The molecule has 33 heavy (non-hydrogen) atoms. The number of hydrogen-bond acceptors (Lipinski definition) is 7. The molecule has 0 bridgehead atoms. The standard InChI is InChI=1S/C21H29F4NO7/c1-2-5-26-17(27)3-6-29-8-10-31-12-13-32-11-9-30-7-4-18(28)33-21-19(24)15(22)14-16(23)20(21)25/h14H,2-13H2,1H3,(H,26,27). The number of ether oxygens (including phenoxy) is 5. The first-order valence-electron chi connectivity index (χ1n) is 10.5. The Labute approximate surface area is 189 Å². The maximum absolute atomic E-state index is 13.4. The zero-order valence-corrected chi connectivity index (χ0v) is 18.4. The molecular weight excluding hydrogens is 454 g/mol. The first kappa shape index (κ1) is 28.8. The second-order valence-electron chi connectivity index (χ2n) is 6.57. The third-order valence-corrected chi connectivity index (χ3v) is 3.90. The van der Waals surface area contributed by atoms with Crippen molar-refractivity contribution in [2.45, 2.75) is 26.2 Å². The Balaban J connectivity index is 1.95. The Morgan fingerprint density at radius 2 is 1.21 bits per heavy atom. The molecule has 0 saturated heterocycles. The molecule has 1 rings (SSSR count). The summed E-state index contributed by atoms with van der Waals surface area (Å²) in [6.07, 6.45) is 0.799. The minimum Gasteiger partial charge on any atom is -0.420 e. The van der Waals surface area contributed by atoms with Gasteiger partial charge in [-0.25, -0.2) is 8.78 Å². The van der Waals surface area contributed by atoms with Gasteiger partial charge in [0.1, 0.15) is 0 Å². The van der Waals surface area contributed by atoms with E-state index in [4.69, 9.17) is 18.9 Å². The van der Waals surface area contributed by atoms with Gasteiger partial charge < -0.3 is 29.0 Å². The van der Waals surface area contributed by atoms with Crippen molar-refractivity contribution < 1.29 is 50.8 Å². The van der Waals surface area contributed by atoms with Gasteiger partial charge in [-0.15, -0.1) is 0 Å². The molecule has 0 aliphatic rings. The molecule has 0 spiro atoms. The largest absolute Gasteiger partial charge is 0.420 e. The van der Waals surface area contributed by atoms with Gasteiger partial charge in [0.2, 0.25) is 23.3 Å². The van der Waals surface area contributed by atoms with Crippen molar-refractivity contribution in [3.05, 3.63) is 29.3 Å². The second-order valence-corrected chi connectivity index (χ2v) is 6.57. The predicted octanol–water partition coefficient (Wildman–Crippen LogP) is 2.52. The maximum Gasteiger partial charge on any atom is 0.313 e. The van der Waals surface area contributed by atoms with Crippen molar-refractivity contribution in [1.29, 1.82) is 0 Å². The van der Waals surface area contributed by atoms with E-state index in [1.54, 1.807) is 0 Å². The fourth-order valence-electron chi connectivity index (χ4n) is 2.24. The highest BCUT2D eigenvalue weighted by Crippen LogP contribution is 2.26. The van der Waals surface area contributed by atoms with Crippen molar-refractivity contribution in [2.24, 2.45) is 0 Å². The van der Waals surface area contributed by atoms with Crippen LogP contribution in [0.3, 0.4) is 0 Å². The molecule has 0 aliphatic heterocycles. The minimum atomic E-state index is -1.79. The highest BCUT2D eigenvalue weighted by Gasteiger charge is 2.22. The lowest BCUT2D eigenvalue weighted by atomic mass is 10.3. The van der Waals surface area contributed by atoms with Crippen molar-refractivity contribution in [3.63, 3.8) is 0 Å². The van der Waals surface area contributed by atoms with Crippen LogP contribution in [-0.4, -0.2) is 71.3 Å². The monoisotopic (exact) mass is 483 g/mol. The van der Waals surface area contributed by atoms with Crippen LogP contribution in [0.4, 0.5) is 17.6 Å². The smallest absolute Gasteiger partial charge is 0.313 e. The Hall–Kier alpha value is -2.28. The molecule has 0 fully saturated rings. The number of nitrogens with one attached hydrogen (secondary N) is 1. The number of carbonyl (C=O) groups excluding carboxylic acids is 2. The van der Waals surface area contributed by atoms with Gasteiger partial charge in [-0.3, -0.25) is 9.59 Å². The highest BCUT2D eigenvalue weighted by molar-refractivity contribution is 5.75. The summed E-state index contributed by atoms with van der Waals surface area (Å²) in [6.45, 7) is 4.49. The van der Waals surface area contributed by atoms with Crippen molar-refractivity contribution in [2.75, 3.05) is 59.4 Å². The van der Waals surface area contributed by atoms with Crippen LogP contribution in [0.5, 0.6) is 5.75 Å². The van der Waals surface area contributed by atoms with Gasteiger partial charge in [-0.1, -0.05) is 6.92 Å². The molecule has 1 N–H and O–H groups in total. The van der Waals surface area contributed by atoms with Crippen LogP contribution >= 0.6 is 0 Å². The summed E-state index contributed by atoms with van der Waals surface area (Å²) in [5.41, 5.74) is 0. The molecule has 0 atom stereocenters. The van der Waals surface area contributed by atoms with Crippen molar-refractivity contribution in [1.82, 2.24) is 5.32 Å². The summed E-state index contributed by atoms with van der Waals surface area (Å²) in [6, 6.07) is 0.0154. The summed E-state index contributed by atoms with van der Waals surface area (Å²) in [7, 11) is 0. The lowest BCUT2D eigenvalue weighted by Gasteiger charge is -2.09. The number of amides is 1. The lowest BCUT2D eigenvalue weighted by molar-refractivity contribution is -0.136. The topological polar surface area (TPSA) is 92.3 Å². The average molecular weight is 483 g/mol. The molecule has 0 aliphatic carbocycles. The molecule has 0 aromatic heterocycles. The van der Waals surface area contributed by atoms with Crippen LogP contribution in [-0.2, 0) is 28.5 Å². The van der Waals surface area contributed by atoms with Gasteiger partial charge in [0.25, 0.3) is 0 Å². The third kappa shape index (κ3) is 12.5. The zero-order chi connectivity index (χ0) is 24.5. The first-order chi connectivity index (χ1) is 15.9. The molecule has 0 saturated carbocycles. The molecule has 8 nitrogen and oxygen atoms in total. The van der Waals surface area contributed by atoms with E-state index in [-0.39, 0.29) is 38.2 Å². The SMILES string of the molecule is CCCNC(=O)CCOCCOCCOCCOCCC(=O)Oc1c(F)c(F)cc(F)c1F. The molecule has 0 heterocycles. The molecule has 12 heteroatoms. The fourth-order valence-corrected chi connectivity index (χ4v) is 2.24. The molecule has 1 aromatic rings. The second kappa shape index (κ2) is 17.2. The van der Waals surface area contributed by atoms with E-state index >= 15 is 0 Å². The van der Waals surface area contributed by atoms with Crippen LogP contribution in [0.15, 0.2) is 6.07 Å².